The van der Waals surface area contributed by atoms with E-state index in [4.69, 9.17) is 10.5 Å². The van der Waals surface area contributed by atoms with Gasteiger partial charge in [0.15, 0.2) is 6.10 Å². The minimum Gasteiger partial charge on any atom is -0.452 e. The van der Waals surface area contributed by atoms with Crippen molar-refractivity contribution in [2.75, 3.05) is 5.73 Å². The molecule has 0 aliphatic rings. The van der Waals surface area contributed by atoms with E-state index in [9.17, 15) is 9.59 Å². The number of nitrogens with one attached hydrogen (secondary N) is 1. The molecule has 5 nitrogen and oxygen atoms in total. The second-order valence-electron chi connectivity index (χ2n) is 5.78. The van der Waals surface area contributed by atoms with Crippen LogP contribution >= 0.6 is 0 Å². The third-order valence-corrected chi connectivity index (χ3v) is 3.32. The smallest absolute Gasteiger partial charge is 0.311 e. The first-order valence-corrected chi connectivity index (χ1v) is 7.09. The highest BCUT2D eigenvalue weighted by Crippen LogP contribution is 2.10. The molecule has 5 heteroatoms. The lowest BCUT2D eigenvalue weighted by molar-refractivity contribution is -0.154. The van der Waals surface area contributed by atoms with Crippen molar-refractivity contribution in [1.82, 2.24) is 5.32 Å². The Balaban J connectivity index is 2.52. The highest BCUT2D eigenvalue weighted by Gasteiger charge is 2.24. The average Bonchev–Trinajstić information content (AvgIpc) is 2.38. The summed E-state index contributed by atoms with van der Waals surface area (Å²) in [6.07, 6.45) is 0.0760. The predicted octanol–water partition coefficient (Wildman–Crippen LogP) is 2.05. The van der Waals surface area contributed by atoms with Crippen LogP contribution in [0.15, 0.2) is 24.3 Å². The number of benzene rings is 1. The molecule has 0 heterocycles. The standard InChI is InChI=1S/C16H24N2O3/c1-5-16(3,4)18-15(20)11(2)21-14(19)10-12-7-6-8-13(17)9-12/h6-9,11H,5,10,17H2,1-4H3,(H,18,20). The third kappa shape index (κ3) is 5.85. The lowest BCUT2D eigenvalue weighted by Gasteiger charge is -2.26. The number of ether oxygens (including phenoxy) is 1. The molecule has 0 bridgehead atoms. The van der Waals surface area contributed by atoms with Gasteiger partial charge in [-0.15, -0.1) is 0 Å². The Morgan fingerprint density at radius 3 is 2.62 bits per heavy atom. The van der Waals surface area contributed by atoms with Crippen LogP contribution in [0.1, 0.15) is 39.7 Å². The molecule has 116 valence electrons. The second-order valence-corrected chi connectivity index (χ2v) is 5.78. The molecule has 0 radical (unpaired) electrons. The zero-order chi connectivity index (χ0) is 16.0. The number of amides is 1. The van der Waals surface area contributed by atoms with Gasteiger partial charge in [-0.05, 0) is 44.9 Å². The number of nitrogen functional groups attached to an aromatic ring is 1. The molecule has 0 aromatic heterocycles. The van der Waals surface area contributed by atoms with E-state index in [-0.39, 0.29) is 17.9 Å². The van der Waals surface area contributed by atoms with Crippen LogP contribution in [0.25, 0.3) is 0 Å². The van der Waals surface area contributed by atoms with Gasteiger partial charge in [0, 0.05) is 11.2 Å². The van der Waals surface area contributed by atoms with Crippen molar-refractivity contribution >= 4 is 17.6 Å². The fraction of sp³-hybridized carbons (Fsp3) is 0.500. The summed E-state index contributed by atoms with van der Waals surface area (Å²) in [6, 6.07) is 7.03. The van der Waals surface area contributed by atoms with Crippen LogP contribution in [-0.2, 0) is 20.7 Å². The first kappa shape index (κ1) is 17.0. The normalized spacial score (nSPS) is 12.6. The molecule has 0 saturated carbocycles. The van der Waals surface area contributed by atoms with Crippen LogP contribution in [0.4, 0.5) is 5.69 Å². The molecule has 21 heavy (non-hydrogen) atoms. The Labute approximate surface area is 125 Å². The molecular weight excluding hydrogens is 268 g/mol. The zero-order valence-corrected chi connectivity index (χ0v) is 13.1. The summed E-state index contributed by atoms with van der Waals surface area (Å²) in [5.74, 6) is -0.736. The highest BCUT2D eigenvalue weighted by molar-refractivity contribution is 5.84. The van der Waals surface area contributed by atoms with E-state index in [0.29, 0.717) is 5.69 Å². The maximum absolute atomic E-state index is 12.0. The number of carbonyl (C=O) groups excluding carboxylic acids is 2. The van der Waals surface area contributed by atoms with Crippen molar-refractivity contribution < 1.29 is 14.3 Å². The molecule has 1 atom stereocenters. The molecule has 1 amide bonds. The summed E-state index contributed by atoms with van der Waals surface area (Å²) >= 11 is 0. The molecule has 1 unspecified atom stereocenters. The quantitative estimate of drug-likeness (QED) is 0.621. The van der Waals surface area contributed by atoms with E-state index < -0.39 is 12.1 Å². The Morgan fingerprint density at radius 1 is 1.38 bits per heavy atom. The monoisotopic (exact) mass is 292 g/mol. The summed E-state index contributed by atoms with van der Waals surface area (Å²) in [5.41, 5.74) is 6.70. The van der Waals surface area contributed by atoms with E-state index >= 15 is 0 Å². The molecular formula is C16H24N2O3. The first-order valence-electron chi connectivity index (χ1n) is 7.09. The summed E-state index contributed by atoms with van der Waals surface area (Å²) in [6.45, 7) is 7.40. The molecule has 0 fully saturated rings. The van der Waals surface area contributed by atoms with E-state index in [1.807, 2.05) is 20.8 Å². The fourth-order valence-electron chi connectivity index (χ4n) is 1.69. The Bertz CT molecular complexity index is 512. The van der Waals surface area contributed by atoms with Gasteiger partial charge in [-0.2, -0.15) is 0 Å². The van der Waals surface area contributed by atoms with E-state index in [1.54, 1.807) is 31.2 Å². The van der Waals surface area contributed by atoms with Crippen LogP contribution in [-0.4, -0.2) is 23.5 Å². The van der Waals surface area contributed by atoms with Crippen LogP contribution < -0.4 is 11.1 Å². The number of carbonyl (C=O) groups is 2. The van der Waals surface area contributed by atoms with E-state index in [2.05, 4.69) is 5.32 Å². The molecule has 0 aliphatic carbocycles. The maximum atomic E-state index is 12.0. The zero-order valence-electron chi connectivity index (χ0n) is 13.1. The van der Waals surface area contributed by atoms with Crippen molar-refractivity contribution in [1.29, 1.82) is 0 Å². The van der Waals surface area contributed by atoms with Gasteiger partial charge >= 0.3 is 5.97 Å². The van der Waals surface area contributed by atoms with Crippen LogP contribution in [0.2, 0.25) is 0 Å². The van der Waals surface area contributed by atoms with Crippen molar-refractivity contribution in [2.45, 2.75) is 52.2 Å². The molecule has 3 N–H and O–H groups in total. The highest BCUT2D eigenvalue weighted by atomic mass is 16.5. The minimum absolute atomic E-state index is 0.0971. The number of hydrogen-bond donors (Lipinski definition) is 2. The van der Waals surface area contributed by atoms with Gasteiger partial charge in [-0.1, -0.05) is 19.1 Å². The Morgan fingerprint density at radius 2 is 2.05 bits per heavy atom. The topological polar surface area (TPSA) is 81.4 Å². The summed E-state index contributed by atoms with van der Waals surface area (Å²) in [4.78, 5) is 23.8. The summed E-state index contributed by atoms with van der Waals surface area (Å²) < 4.78 is 5.15. The third-order valence-electron chi connectivity index (χ3n) is 3.32. The lowest BCUT2D eigenvalue weighted by atomic mass is 10.0. The van der Waals surface area contributed by atoms with Crippen molar-refractivity contribution in [3.8, 4) is 0 Å². The lowest BCUT2D eigenvalue weighted by Crippen LogP contribution is -2.47. The van der Waals surface area contributed by atoms with Crippen LogP contribution in [0.3, 0.4) is 0 Å². The van der Waals surface area contributed by atoms with Crippen molar-refractivity contribution in [3.63, 3.8) is 0 Å². The van der Waals surface area contributed by atoms with Crippen LogP contribution in [0.5, 0.6) is 0 Å². The summed E-state index contributed by atoms with van der Waals surface area (Å²) in [5, 5.41) is 2.85. The molecule has 1 aromatic rings. The predicted molar refractivity (Wildman–Crippen MR) is 82.6 cm³/mol. The van der Waals surface area contributed by atoms with Gasteiger partial charge < -0.3 is 15.8 Å². The second kappa shape index (κ2) is 7.11. The van der Waals surface area contributed by atoms with Crippen LogP contribution in [0, 0.1) is 0 Å². The molecule has 1 aromatic carbocycles. The minimum atomic E-state index is -0.815. The first-order chi connectivity index (χ1) is 9.73. The van der Waals surface area contributed by atoms with Gasteiger partial charge in [0.05, 0.1) is 6.42 Å². The SMILES string of the molecule is CCC(C)(C)NC(=O)C(C)OC(=O)Cc1cccc(N)c1. The van der Waals surface area contributed by atoms with E-state index in [0.717, 1.165) is 12.0 Å². The Kier molecular flexibility index (Phi) is 5.76. The van der Waals surface area contributed by atoms with Gasteiger partial charge in [-0.25, -0.2) is 0 Å². The number of esters is 1. The fourth-order valence-corrected chi connectivity index (χ4v) is 1.69. The van der Waals surface area contributed by atoms with Crippen molar-refractivity contribution in [2.24, 2.45) is 0 Å². The number of hydrogen-bond acceptors (Lipinski definition) is 4. The van der Waals surface area contributed by atoms with Gasteiger partial charge in [0.25, 0.3) is 5.91 Å². The number of anilines is 1. The molecule has 0 saturated heterocycles. The van der Waals surface area contributed by atoms with Gasteiger partial charge in [0.2, 0.25) is 0 Å². The largest absolute Gasteiger partial charge is 0.452 e. The maximum Gasteiger partial charge on any atom is 0.311 e. The number of nitrogens with two attached hydrogens (primary N) is 1. The molecule has 1 rings (SSSR count). The Hall–Kier alpha value is -2.04. The van der Waals surface area contributed by atoms with Gasteiger partial charge in [-0.3, -0.25) is 9.59 Å². The molecule has 0 spiro atoms. The van der Waals surface area contributed by atoms with Gasteiger partial charge in [0.1, 0.15) is 0 Å². The summed E-state index contributed by atoms with van der Waals surface area (Å²) in [7, 11) is 0. The molecule has 0 aliphatic heterocycles. The number of rotatable bonds is 6. The average molecular weight is 292 g/mol. The van der Waals surface area contributed by atoms with Crippen molar-refractivity contribution in [3.05, 3.63) is 29.8 Å². The van der Waals surface area contributed by atoms with E-state index in [1.165, 1.54) is 0 Å².